The molecule has 3 aliphatic rings. The molecule has 20 nitrogen and oxygen atoms in total. The molecule has 6 heterocycles. The van der Waals surface area contributed by atoms with E-state index >= 15 is 0 Å². The molecule has 3 fully saturated rings. The number of nitrogens with zero attached hydrogens (tertiary/aromatic N) is 6. The highest BCUT2D eigenvalue weighted by molar-refractivity contribution is 7.47. The molecule has 0 aromatic carbocycles. The number of phosphoric acid groups is 2. The number of nitrogens with one attached hydrogen (secondary N) is 2. The maximum Gasteiger partial charge on any atom is 0.472 e. The molecular formula is C21H25N9O11P2S. The quantitative estimate of drug-likeness (QED) is 0.159. The van der Waals surface area contributed by atoms with Gasteiger partial charge in [-0.2, -0.15) is 4.98 Å². The molecule has 2 bridgehead atoms. The molecule has 2 aliphatic heterocycles. The Morgan fingerprint density at radius 3 is 2.68 bits per heavy atom. The van der Waals surface area contributed by atoms with E-state index in [-0.39, 0.29) is 36.0 Å². The van der Waals surface area contributed by atoms with Gasteiger partial charge in [0, 0.05) is 12.0 Å². The highest BCUT2D eigenvalue weighted by Gasteiger charge is 2.51. The van der Waals surface area contributed by atoms with E-state index in [2.05, 4.69) is 35.2 Å². The Kier molecular flexibility index (Phi) is 7.54. The van der Waals surface area contributed by atoms with Crippen LogP contribution in [0.2, 0.25) is 0 Å². The van der Waals surface area contributed by atoms with Gasteiger partial charge in [-0.1, -0.05) is 0 Å². The number of fused-ring (bicyclic) bond motifs is 5. The number of hydrogen-bond acceptors (Lipinski definition) is 17. The molecule has 0 spiro atoms. The topological polar surface area (TPSA) is 281 Å². The summed E-state index contributed by atoms with van der Waals surface area (Å²) in [5.74, 6) is -0.458. The summed E-state index contributed by atoms with van der Waals surface area (Å²) in [5, 5.41) is 14.2. The van der Waals surface area contributed by atoms with Gasteiger partial charge in [0.2, 0.25) is 5.95 Å². The summed E-state index contributed by atoms with van der Waals surface area (Å²) in [4.78, 5) is 57.3. The van der Waals surface area contributed by atoms with Crippen LogP contribution in [-0.4, -0.2) is 93.0 Å². The first-order chi connectivity index (χ1) is 21.0. The molecule has 0 amide bonds. The van der Waals surface area contributed by atoms with E-state index < -0.39 is 71.0 Å². The number of aliphatic hydroxyl groups excluding tert-OH is 1. The van der Waals surface area contributed by atoms with Gasteiger partial charge >= 0.3 is 15.6 Å². The molecule has 44 heavy (non-hydrogen) atoms. The second-order valence-electron chi connectivity index (χ2n) is 10.4. The fourth-order valence-corrected chi connectivity index (χ4v) is 8.17. The first-order valence-corrected chi connectivity index (χ1v) is 17.0. The standard InChI is InChI=1S/C21H25N9O11P2S/c22-21-28-17-13(18(32)29-21)25-6-30(17)20-15-14(31)11(39-20)4-38-42(33,34)40-10-2-9(1-8(10)3-37-43(35,36)41-15)27-16-12-19(24-5-23-16)44-7-26-12/h5-11,14-15,20,31H,1-4H2,(H,33,34)(H,35,36)(H,23,24,27)(H3,22,28,29,32)/t8-,9-,10+,11-,14-,15-,20-/m1/s1. The van der Waals surface area contributed by atoms with Gasteiger partial charge in [-0.05, 0) is 12.8 Å². The van der Waals surface area contributed by atoms with Crippen LogP contribution < -0.4 is 16.6 Å². The van der Waals surface area contributed by atoms with Crippen LogP contribution in [0.1, 0.15) is 19.1 Å². The normalized spacial score (nSPS) is 36.5. The van der Waals surface area contributed by atoms with Crippen molar-refractivity contribution in [2.24, 2.45) is 5.92 Å². The first kappa shape index (κ1) is 29.8. The molecule has 23 heteroatoms. The first-order valence-electron chi connectivity index (χ1n) is 13.1. The van der Waals surface area contributed by atoms with Crippen LogP contribution in [0.3, 0.4) is 0 Å². The lowest BCUT2D eigenvalue weighted by molar-refractivity contribution is -0.0561. The van der Waals surface area contributed by atoms with Gasteiger partial charge < -0.3 is 30.7 Å². The van der Waals surface area contributed by atoms with Crippen molar-refractivity contribution in [2.75, 3.05) is 24.3 Å². The van der Waals surface area contributed by atoms with E-state index in [1.54, 1.807) is 5.51 Å². The van der Waals surface area contributed by atoms with Crippen LogP contribution in [-0.2, 0) is 32.0 Å². The van der Waals surface area contributed by atoms with Crippen LogP contribution in [0.4, 0.5) is 11.8 Å². The predicted octanol–water partition coefficient (Wildman–Crippen LogP) is 0.268. The van der Waals surface area contributed by atoms with E-state index in [1.165, 1.54) is 22.2 Å². The van der Waals surface area contributed by atoms with Crippen molar-refractivity contribution in [3.63, 3.8) is 0 Å². The number of ether oxygens (including phenoxy) is 1. The number of nitrogen functional groups attached to an aromatic ring is 1. The van der Waals surface area contributed by atoms with Gasteiger partial charge in [0.25, 0.3) is 5.56 Å². The van der Waals surface area contributed by atoms with Crippen molar-refractivity contribution in [3.8, 4) is 0 Å². The molecular weight excluding hydrogens is 648 g/mol. The lowest BCUT2D eigenvalue weighted by Gasteiger charge is -2.25. The Morgan fingerprint density at radius 2 is 1.84 bits per heavy atom. The van der Waals surface area contributed by atoms with Gasteiger partial charge in [-0.3, -0.25) is 32.4 Å². The number of aliphatic hydroxyl groups is 1. The molecule has 236 valence electrons. The smallest absolute Gasteiger partial charge is 0.387 e. The molecule has 2 unspecified atom stereocenters. The summed E-state index contributed by atoms with van der Waals surface area (Å²) in [7, 11) is -9.67. The molecule has 2 saturated heterocycles. The third-order valence-electron chi connectivity index (χ3n) is 7.52. The van der Waals surface area contributed by atoms with Crippen molar-refractivity contribution >= 4 is 60.3 Å². The number of phosphoric ester groups is 2. The van der Waals surface area contributed by atoms with Crippen molar-refractivity contribution in [1.82, 2.24) is 34.5 Å². The highest BCUT2D eigenvalue weighted by atomic mass is 32.1. The summed E-state index contributed by atoms with van der Waals surface area (Å²) in [6, 6.07) is -0.358. The molecule has 4 aromatic heterocycles. The molecule has 0 radical (unpaired) electrons. The second kappa shape index (κ2) is 11.1. The number of aromatic amines is 1. The maximum absolute atomic E-state index is 13.2. The average Bonchev–Trinajstić information content (AvgIpc) is 3.73. The molecule has 1 aliphatic carbocycles. The molecule has 7 N–H and O–H groups in total. The second-order valence-corrected chi connectivity index (χ2v) is 14.0. The van der Waals surface area contributed by atoms with E-state index in [0.29, 0.717) is 16.2 Å². The monoisotopic (exact) mass is 673 g/mol. The van der Waals surface area contributed by atoms with Crippen LogP contribution in [0.5, 0.6) is 0 Å². The zero-order valence-electron chi connectivity index (χ0n) is 22.3. The van der Waals surface area contributed by atoms with E-state index in [4.69, 9.17) is 28.6 Å². The van der Waals surface area contributed by atoms with E-state index in [9.17, 15) is 28.8 Å². The predicted molar refractivity (Wildman–Crippen MR) is 149 cm³/mol. The maximum atomic E-state index is 13.2. The van der Waals surface area contributed by atoms with Crippen LogP contribution >= 0.6 is 27.0 Å². The minimum Gasteiger partial charge on any atom is -0.387 e. The van der Waals surface area contributed by atoms with Gasteiger partial charge in [0.15, 0.2) is 23.2 Å². The van der Waals surface area contributed by atoms with Crippen molar-refractivity contribution in [2.45, 2.75) is 49.5 Å². The number of H-pyrrole nitrogens is 1. The van der Waals surface area contributed by atoms with Gasteiger partial charge in [-0.15, -0.1) is 11.3 Å². The van der Waals surface area contributed by atoms with Crippen LogP contribution in [0, 0.1) is 5.92 Å². The summed E-state index contributed by atoms with van der Waals surface area (Å²) in [6.07, 6.45) is -4.01. The average molecular weight is 673 g/mol. The molecule has 7 rings (SSSR count). The van der Waals surface area contributed by atoms with Crippen LogP contribution in [0.25, 0.3) is 21.5 Å². The number of aromatic nitrogens is 7. The minimum absolute atomic E-state index is 0.0736. The van der Waals surface area contributed by atoms with Crippen LogP contribution in [0.15, 0.2) is 23.0 Å². The largest absolute Gasteiger partial charge is 0.472 e. The zero-order chi connectivity index (χ0) is 30.8. The number of rotatable bonds is 3. The summed E-state index contributed by atoms with van der Waals surface area (Å²) < 4.78 is 54.7. The van der Waals surface area contributed by atoms with Gasteiger partial charge in [-0.25, -0.2) is 29.1 Å². The van der Waals surface area contributed by atoms with Gasteiger partial charge in [0.05, 0.1) is 31.2 Å². The minimum atomic E-state index is -4.91. The molecule has 4 aromatic rings. The van der Waals surface area contributed by atoms with Crippen molar-refractivity contribution in [1.29, 1.82) is 0 Å². The lowest BCUT2D eigenvalue weighted by atomic mass is 10.1. The third-order valence-corrected chi connectivity index (χ3v) is 10.3. The number of imidazole rings is 1. The number of thiazole rings is 1. The Bertz CT molecular complexity index is 1870. The third kappa shape index (κ3) is 5.65. The number of nitrogens with two attached hydrogens (primary N) is 1. The summed E-state index contributed by atoms with van der Waals surface area (Å²) in [5.41, 5.74) is 6.99. The summed E-state index contributed by atoms with van der Waals surface area (Å²) >= 11 is 1.34. The van der Waals surface area contributed by atoms with E-state index in [1.807, 2.05) is 0 Å². The lowest BCUT2D eigenvalue weighted by Crippen LogP contribution is -2.35. The fraction of sp³-hybridized carbons (Fsp3) is 0.524. The Labute approximate surface area is 249 Å². The summed E-state index contributed by atoms with van der Waals surface area (Å²) in [6.45, 7) is -1.10. The Morgan fingerprint density at radius 1 is 1.05 bits per heavy atom. The Hall–Kier alpha value is -2.94. The highest BCUT2D eigenvalue weighted by Crippen LogP contribution is 2.54. The van der Waals surface area contributed by atoms with E-state index in [0.717, 1.165) is 6.33 Å². The molecule has 9 atom stereocenters. The number of hydrogen-bond donors (Lipinski definition) is 6. The zero-order valence-corrected chi connectivity index (χ0v) is 24.9. The SMILES string of the molecule is Nc1nc2c(ncn2[C@@H]2O[C@@H]3COP(=O)(O)O[C@H]4C[C@H](Nc5ncnc6scnc56)C[C@@H]4COP(=O)(O)O[C@@H]2[C@@H]3O)c(=O)[nH]1. The molecule has 1 saturated carbocycles. The number of anilines is 2. The Balaban J connectivity index is 1.15. The van der Waals surface area contributed by atoms with Crippen molar-refractivity contribution in [3.05, 3.63) is 28.5 Å². The van der Waals surface area contributed by atoms with Crippen molar-refractivity contribution < 1.29 is 46.9 Å². The van der Waals surface area contributed by atoms with Gasteiger partial charge in [0.1, 0.15) is 35.0 Å². The fourth-order valence-electron chi connectivity index (χ4n) is 5.57.